The van der Waals surface area contributed by atoms with Crippen molar-refractivity contribution >= 4 is 21.6 Å². The molecule has 0 unspecified atom stereocenters. The van der Waals surface area contributed by atoms with Gasteiger partial charge in [0.15, 0.2) is 6.29 Å². The van der Waals surface area contributed by atoms with E-state index in [0.717, 1.165) is 18.2 Å². The Hall–Kier alpha value is -0.210. The molecule has 0 aromatic rings. The Morgan fingerprint density at radius 2 is 2.10 bits per heavy atom. The molecule has 0 amide bonds. The van der Waals surface area contributed by atoms with Crippen molar-refractivity contribution in [2.45, 2.75) is 64.0 Å². The molecule has 0 N–H and O–H groups in total. The SMILES string of the molecule is CO[C@H]1O[C@H](C)C2=NOC(C)(C)O[C@@H]2[C@H]1OCCCCBr. The van der Waals surface area contributed by atoms with Gasteiger partial charge in [-0.05, 0) is 19.8 Å². The molecule has 0 radical (unpaired) electrons. The minimum absolute atomic E-state index is 0.224. The van der Waals surface area contributed by atoms with E-state index in [4.69, 9.17) is 23.8 Å². The van der Waals surface area contributed by atoms with Gasteiger partial charge in [0.2, 0.25) is 5.79 Å². The summed E-state index contributed by atoms with van der Waals surface area (Å²) in [6.45, 7) is 6.19. The van der Waals surface area contributed by atoms with E-state index < -0.39 is 12.1 Å². The van der Waals surface area contributed by atoms with E-state index in [-0.39, 0.29) is 18.3 Å². The first-order chi connectivity index (χ1) is 9.98. The summed E-state index contributed by atoms with van der Waals surface area (Å²) in [5, 5.41) is 5.14. The van der Waals surface area contributed by atoms with Gasteiger partial charge in [-0.3, -0.25) is 0 Å². The van der Waals surface area contributed by atoms with Crippen LogP contribution in [0.15, 0.2) is 5.16 Å². The highest BCUT2D eigenvalue weighted by molar-refractivity contribution is 9.09. The maximum atomic E-state index is 6.00. The zero-order valence-corrected chi connectivity index (χ0v) is 14.6. The van der Waals surface area contributed by atoms with E-state index in [1.54, 1.807) is 7.11 Å². The largest absolute Gasteiger partial charge is 0.370 e. The van der Waals surface area contributed by atoms with Crippen LogP contribution in [0.3, 0.4) is 0 Å². The molecule has 0 aliphatic carbocycles. The van der Waals surface area contributed by atoms with Crippen LogP contribution in [0.5, 0.6) is 0 Å². The lowest BCUT2D eigenvalue weighted by Gasteiger charge is -2.44. The van der Waals surface area contributed by atoms with Crippen LogP contribution in [0, 0.1) is 0 Å². The first-order valence-corrected chi connectivity index (χ1v) is 8.40. The van der Waals surface area contributed by atoms with Crippen molar-refractivity contribution < 1.29 is 23.8 Å². The molecule has 21 heavy (non-hydrogen) atoms. The Labute approximate surface area is 134 Å². The van der Waals surface area contributed by atoms with Gasteiger partial charge in [-0.1, -0.05) is 21.1 Å². The third kappa shape index (κ3) is 4.16. The average Bonchev–Trinajstić information content (AvgIpc) is 2.44. The fourth-order valence-electron chi connectivity index (χ4n) is 2.41. The lowest BCUT2D eigenvalue weighted by Crippen LogP contribution is -2.60. The molecule has 0 aromatic heterocycles. The summed E-state index contributed by atoms with van der Waals surface area (Å²) in [5.74, 6) is -0.777. The normalized spacial score (nSPS) is 34.8. The number of nitrogens with zero attached hydrogens (tertiary/aromatic N) is 1. The fourth-order valence-corrected chi connectivity index (χ4v) is 2.80. The first kappa shape index (κ1) is 17.1. The maximum absolute atomic E-state index is 6.00. The summed E-state index contributed by atoms with van der Waals surface area (Å²) in [6, 6.07) is 0. The molecule has 4 atom stereocenters. The molecule has 122 valence electrons. The van der Waals surface area contributed by atoms with Crippen molar-refractivity contribution in [3.63, 3.8) is 0 Å². The van der Waals surface area contributed by atoms with Gasteiger partial charge in [0.05, 0.1) is 0 Å². The van der Waals surface area contributed by atoms with E-state index in [0.29, 0.717) is 12.3 Å². The highest BCUT2D eigenvalue weighted by atomic mass is 79.9. The number of hydrogen-bond acceptors (Lipinski definition) is 6. The van der Waals surface area contributed by atoms with E-state index >= 15 is 0 Å². The highest BCUT2D eigenvalue weighted by Crippen LogP contribution is 2.31. The van der Waals surface area contributed by atoms with Crippen LogP contribution in [-0.4, -0.2) is 55.1 Å². The molecular formula is C14H24BrNO5. The van der Waals surface area contributed by atoms with Crippen LogP contribution in [0.4, 0.5) is 0 Å². The van der Waals surface area contributed by atoms with E-state index in [1.165, 1.54) is 0 Å². The zero-order chi connectivity index (χ0) is 15.5. The molecule has 0 spiro atoms. The number of fused-ring (bicyclic) bond motifs is 1. The lowest BCUT2D eigenvalue weighted by molar-refractivity contribution is -0.301. The van der Waals surface area contributed by atoms with Crippen LogP contribution in [0.2, 0.25) is 0 Å². The molecule has 1 fully saturated rings. The summed E-state index contributed by atoms with van der Waals surface area (Å²) in [4.78, 5) is 5.35. The lowest BCUT2D eigenvalue weighted by atomic mass is 9.99. The van der Waals surface area contributed by atoms with Crippen LogP contribution in [0.1, 0.15) is 33.6 Å². The van der Waals surface area contributed by atoms with Crippen molar-refractivity contribution in [1.29, 1.82) is 0 Å². The van der Waals surface area contributed by atoms with Gasteiger partial charge >= 0.3 is 0 Å². The molecule has 0 aromatic carbocycles. The molecule has 0 bridgehead atoms. The van der Waals surface area contributed by atoms with Crippen LogP contribution < -0.4 is 0 Å². The number of oxime groups is 1. The second-order valence-electron chi connectivity index (χ2n) is 5.66. The monoisotopic (exact) mass is 365 g/mol. The summed E-state index contributed by atoms with van der Waals surface area (Å²) >= 11 is 3.41. The average molecular weight is 366 g/mol. The van der Waals surface area contributed by atoms with Crippen molar-refractivity contribution in [2.24, 2.45) is 5.16 Å². The second-order valence-corrected chi connectivity index (χ2v) is 6.45. The number of unbranched alkanes of at least 4 members (excludes halogenated alkanes) is 1. The second kappa shape index (κ2) is 7.37. The predicted octanol–water partition coefficient (Wildman–Crippen LogP) is 2.45. The molecule has 2 aliphatic rings. The van der Waals surface area contributed by atoms with Crippen molar-refractivity contribution in [1.82, 2.24) is 0 Å². The number of ether oxygens (including phenoxy) is 4. The number of methoxy groups -OCH3 is 1. The quantitative estimate of drug-likeness (QED) is 0.534. The van der Waals surface area contributed by atoms with Crippen molar-refractivity contribution in [2.75, 3.05) is 19.0 Å². The summed E-state index contributed by atoms with van der Waals surface area (Å²) in [6.07, 6.45) is 0.672. The first-order valence-electron chi connectivity index (χ1n) is 7.28. The number of rotatable bonds is 6. The maximum Gasteiger partial charge on any atom is 0.231 e. The van der Waals surface area contributed by atoms with E-state index in [9.17, 15) is 0 Å². The highest BCUT2D eigenvalue weighted by Gasteiger charge is 2.49. The van der Waals surface area contributed by atoms with Crippen LogP contribution in [0.25, 0.3) is 0 Å². The molecular weight excluding hydrogens is 342 g/mol. The minimum atomic E-state index is -0.777. The Kier molecular flexibility index (Phi) is 6.02. The number of hydrogen-bond donors (Lipinski definition) is 0. The number of alkyl halides is 1. The Morgan fingerprint density at radius 1 is 1.33 bits per heavy atom. The molecule has 1 saturated heterocycles. The molecule has 0 saturated carbocycles. The van der Waals surface area contributed by atoms with Gasteiger partial charge in [-0.25, -0.2) is 0 Å². The van der Waals surface area contributed by atoms with Gasteiger partial charge < -0.3 is 23.8 Å². The zero-order valence-electron chi connectivity index (χ0n) is 13.0. The van der Waals surface area contributed by atoms with Crippen LogP contribution >= 0.6 is 15.9 Å². The molecule has 6 nitrogen and oxygen atoms in total. The fraction of sp³-hybridized carbons (Fsp3) is 0.929. The topological polar surface area (TPSA) is 58.5 Å². The molecule has 2 aliphatic heterocycles. The summed E-state index contributed by atoms with van der Waals surface area (Å²) in [5.41, 5.74) is 0.716. The smallest absolute Gasteiger partial charge is 0.231 e. The van der Waals surface area contributed by atoms with Gasteiger partial charge in [-0.2, -0.15) is 0 Å². The van der Waals surface area contributed by atoms with Gasteiger partial charge in [-0.15, -0.1) is 0 Å². The Bertz CT molecular complexity index is 376. The third-order valence-electron chi connectivity index (χ3n) is 3.47. The molecule has 2 heterocycles. The minimum Gasteiger partial charge on any atom is -0.370 e. The predicted molar refractivity (Wildman–Crippen MR) is 81.6 cm³/mol. The van der Waals surface area contributed by atoms with Crippen molar-refractivity contribution in [3.8, 4) is 0 Å². The summed E-state index contributed by atoms with van der Waals surface area (Å²) < 4.78 is 23.2. The molecule has 7 heteroatoms. The van der Waals surface area contributed by atoms with Gasteiger partial charge in [0.25, 0.3) is 0 Å². The van der Waals surface area contributed by atoms with E-state index in [2.05, 4.69) is 21.1 Å². The van der Waals surface area contributed by atoms with Crippen molar-refractivity contribution in [3.05, 3.63) is 0 Å². The molecule has 2 rings (SSSR count). The number of halogens is 1. The Balaban J connectivity index is 2.10. The Morgan fingerprint density at radius 3 is 2.76 bits per heavy atom. The van der Waals surface area contributed by atoms with Gasteiger partial charge in [0.1, 0.15) is 24.0 Å². The third-order valence-corrected chi connectivity index (χ3v) is 4.03. The summed E-state index contributed by atoms with van der Waals surface area (Å²) in [7, 11) is 1.61. The standard InChI is InChI=1S/C14H24BrNO5/c1-9-10-11(20-14(2,3)21-16-10)12(13(17-4)19-9)18-8-6-5-7-15/h9,11-13H,5-8H2,1-4H3/t9-,11+,12-,13+/m1/s1. The van der Waals surface area contributed by atoms with Gasteiger partial charge in [0, 0.05) is 32.9 Å². The van der Waals surface area contributed by atoms with E-state index in [1.807, 2.05) is 20.8 Å². The van der Waals surface area contributed by atoms with Crippen LogP contribution in [-0.2, 0) is 23.8 Å².